The molecule has 0 radical (unpaired) electrons. The molecule has 1 rings (SSSR count). The van der Waals surface area contributed by atoms with Gasteiger partial charge in [0.05, 0.1) is 12.7 Å². The summed E-state index contributed by atoms with van der Waals surface area (Å²) < 4.78 is 0. The molecule has 1 aliphatic heterocycles. The van der Waals surface area contributed by atoms with Crippen LogP contribution in [0.1, 0.15) is 60.8 Å². The lowest BCUT2D eigenvalue weighted by Crippen LogP contribution is -2.61. The number of nitrogens with zero attached hydrogens (tertiary/aromatic N) is 2. The first kappa shape index (κ1) is 17.3. The predicted octanol–water partition coefficient (Wildman–Crippen LogP) is 2.38. The van der Waals surface area contributed by atoms with E-state index in [0.29, 0.717) is 25.9 Å². The molecule has 1 heterocycles. The van der Waals surface area contributed by atoms with Crippen LogP contribution >= 0.6 is 0 Å². The smallest absolute Gasteiger partial charge is 0.219 e. The standard InChI is InChI=1S/C14H28N2O4/c1-12(2,16(18)19)7-8-20-15-13(3,4)9-11(17)10-14(15,5)6/h11,17H,7-10H2,1-6H3. The molecule has 0 aromatic heterocycles. The molecule has 0 aromatic carbocycles. The van der Waals surface area contributed by atoms with Crippen LogP contribution in [0, 0.1) is 10.1 Å². The zero-order chi connectivity index (χ0) is 15.8. The maximum atomic E-state index is 10.9. The number of nitro groups is 1. The van der Waals surface area contributed by atoms with Crippen LogP contribution in [0.3, 0.4) is 0 Å². The Morgan fingerprint density at radius 1 is 1.30 bits per heavy atom. The van der Waals surface area contributed by atoms with Crippen LogP contribution in [0.15, 0.2) is 0 Å². The van der Waals surface area contributed by atoms with Crippen molar-refractivity contribution in [1.29, 1.82) is 0 Å². The fourth-order valence-corrected chi connectivity index (χ4v) is 3.04. The third-order valence-corrected chi connectivity index (χ3v) is 4.00. The fourth-order valence-electron chi connectivity index (χ4n) is 3.04. The Kier molecular flexibility index (Phi) is 4.83. The van der Waals surface area contributed by atoms with E-state index >= 15 is 0 Å². The molecular weight excluding hydrogens is 260 g/mol. The Morgan fingerprint density at radius 3 is 2.15 bits per heavy atom. The Balaban J connectivity index is 2.68. The van der Waals surface area contributed by atoms with Crippen LogP contribution in [-0.2, 0) is 4.84 Å². The van der Waals surface area contributed by atoms with E-state index in [0.717, 1.165) is 0 Å². The van der Waals surface area contributed by atoms with Crippen LogP contribution in [0.4, 0.5) is 0 Å². The molecule has 0 spiro atoms. The highest BCUT2D eigenvalue weighted by Crippen LogP contribution is 2.38. The zero-order valence-electron chi connectivity index (χ0n) is 13.5. The lowest BCUT2D eigenvalue weighted by Gasteiger charge is -2.52. The number of aliphatic hydroxyl groups excluding tert-OH is 1. The molecule has 0 aliphatic carbocycles. The van der Waals surface area contributed by atoms with Gasteiger partial charge in [0.25, 0.3) is 0 Å². The van der Waals surface area contributed by atoms with E-state index in [1.807, 2.05) is 32.8 Å². The van der Waals surface area contributed by atoms with Gasteiger partial charge in [-0.2, -0.15) is 5.06 Å². The van der Waals surface area contributed by atoms with Crippen molar-refractivity contribution >= 4 is 0 Å². The predicted molar refractivity (Wildman–Crippen MR) is 76.9 cm³/mol. The lowest BCUT2D eigenvalue weighted by molar-refractivity contribution is -0.563. The minimum atomic E-state index is -0.983. The van der Waals surface area contributed by atoms with Gasteiger partial charge in [0, 0.05) is 36.3 Å². The van der Waals surface area contributed by atoms with Gasteiger partial charge in [0.15, 0.2) is 0 Å². The van der Waals surface area contributed by atoms with Crippen LogP contribution in [0.25, 0.3) is 0 Å². The maximum Gasteiger partial charge on any atom is 0.219 e. The molecule has 0 unspecified atom stereocenters. The van der Waals surface area contributed by atoms with E-state index < -0.39 is 5.54 Å². The monoisotopic (exact) mass is 288 g/mol. The third-order valence-electron chi connectivity index (χ3n) is 4.00. The van der Waals surface area contributed by atoms with Crippen LogP contribution in [0.2, 0.25) is 0 Å². The summed E-state index contributed by atoms with van der Waals surface area (Å²) in [4.78, 5) is 16.5. The number of hydrogen-bond donors (Lipinski definition) is 1. The topological polar surface area (TPSA) is 75.8 Å². The highest BCUT2D eigenvalue weighted by Gasteiger charge is 2.46. The Hall–Kier alpha value is -0.720. The van der Waals surface area contributed by atoms with E-state index in [2.05, 4.69) is 0 Å². The molecule has 118 valence electrons. The SMILES string of the molecule is CC1(C)CC(O)CC(C)(C)N1OCCC(C)(C)[N+](=O)[O-]. The second-order valence-electron chi connectivity index (χ2n) is 7.63. The summed E-state index contributed by atoms with van der Waals surface area (Å²) in [5.41, 5.74) is -1.57. The summed E-state index contributed by atoms with van der Waals surface area (Å²) >= 11 is 0. The average Bonchev–Trinajstić information content (AvgIpc) is 2.19. The molecule has 6 heteroatoms. The van der Waals surface area contributed by atoms with Crippen molar-refractivity contribution in [1.82, 2.24) is 5.06 Å². The van der Waals surface area contributed by atoms with E-state index in [1.165, 1.54) is 0 Å². The zero-order valence-corrected chi connectivity index (χ0v) is 13.5. The van der Waals surface area contributed by atoms with Crippen molar-refractivity contribution in [2.24, 2.45) is 0 Å². The number of aliphatic hydroxyl groups is 1. The number of rotatable bonds is 5. The van der Waals surface area contributed by atoms with Gasteiger partial charge in [-0.25, -0.2) is 0 Å². The lowest BCUT2D eigenvalue weighted by atomic mass is 9.80. The minimum absolute atomic E-state index is 0.271. The molecule has 1 aliphatic rings. The van der Waals surface area contributed by atoms with Crippen LogP contribution < -0.4 is 0 Å². The van der Waals surface area contributed by atoms with Gasteiger partial charge in [-0.1, -0.05) is 0 Å². The van der Waals surface area contributed by atoms with Crippen LogP contribution in [0.5, 0.6) is 0 Å². The largest absolute Gasteiger partial charge is 0.393 e. The Bertz CT molecular complexity index is 348. The maximum absolute atomic E-state index is 10.9. The van der Waals surface area contributed by atoms with Gasteiger partial charge in [-0.15, -0.1) is 0 Å². The first-order chi connectivity index (χ1) is 8.88. The van der Waals surface area contributed by atoms with E-state index in [4.69, 9.17) is 4.84 Å². The summed E-state index contributed by atoms with van der Waals surface area (Å²) in [6, 6.07) is 0. The minimum Gasteiger partial charge on any atom is -0.393 e. The second-order valence-corrected chi connectivity index (χ2v) is 7.63. The van der Waals surface area contributed by atoms with Gasteiger partial charge in [-0.3, -0.25) is 15.0 Å². The third kappa shape index (κ3) is 3.90. The number of hydroxylamine groups is 2. The molecule has 0 bridgehead atoms. The molecule has 1 saturated heterocycles. The molecule has 0 aromatic rings. The highest BCUT2D eigenvalue weighted by molar-refractivity contribution is 4.96. The van der Waals surface area contributed by atoms with E-state index in [1.54, 1.807) is 13.8 Å². The van der Waals surface area contributed by atoms with Crippen molar-refractivity contribution in [3.63, 3.8) is 0 Å². The van der Waals surface area contributed by atoms with E-state index in [-0.39, 0.29) is 22.1 Å². The molecule has 1 N–H and O–H groups in total. The molecule has 0 saturated carbocycles. The van der Waals surface area contributed by atoms with Crippen LogP contribution in [-0.4, -0.2) is 44.4 Å². The number of hydrogen-bond acceptors (Lipinski definition) is 5. The number of piperidine rings is 1. The van der Waals surface area contributed by atoms with Crippen molar-refractivity contribution in [2.75, 3.05) is 6.61 Å². The van der Waals surface area contributed by atoms with Crippen molar-refractivity contribution in [2.45, 2.75) is 83.5 Å². The quantitative estimate of drug-likeness (QED) is 0.621. The first-order valence-corrected chi connectivity index (χ1v) is 7.14. The van der Waals surface area contributed by atoms with E-state index in [9.17, 15) is 15.2 Å². The molecule has 0 atom stereocenters. The summed E-state index contributed by atoms with van der Waals surface area (Å²) in [5, 5.41) is 22.8. The van der Waals surface area contributed by atoms with Gasteiger partial charge in [0.2, 0.25) is 5.54 Å². The van der Waals surface area contributed by atoms with Gasteiger partial charge in [-0.05, 0) is 40.5 Å². The average molecular weight is 288 g/mol. The summed E-state index contributed by atoms with van der Waals surface area (Å²) in [5.74, 6) is 0. The van der Waals surface area contributed by atoms with Gasteiger partial charge >= 0.3 is 0 Å². The molecule has 6 nitrogen and oxygen atoms in total. The molecule has 20 heavy (non-hydrogen) atoms. The Labute approximate surface area is 121 Å². The first-order valence-electron chi connectivity index (χ1n) is 7.14. The summed E-state index contributed by atoms with van der Waals surface area (Å²) in [6.45, 7) is 11.6. The van der Waals surface area contributed by atoms with Gasteiger partial charge < -0.3 is 5.11 Å². The summed E-state index contributed by atoms with van der Waals surface area (Å²) in [6.07, 6.45) is 1.28. The Morgan fingerprint density at radius 2 is 1.75 bits per heavy atom. The normalized spacial score (nSPS) is 23.8. The molecular formula is C14H28N2O4. The molecule has 1 fully saturated rings. The molecule has 0 amide bonds. The fraction of sp³-hybridized carbons (Fsp3) is 1.00. The van der Waals surface area contributed by atoms with Crippen molar-refractivity contribution < 1.29 is 14.9 Å². The van der Waals surface area contributed by atoms with Gasteiger partial charge in [0.1, 0.15) is 0 Å². The van der Waals surface area contributed by atoms with Crippen molar-refractivity contribution in [3.8, 4) is 0 Å². The summed E-state index contributed by atoms with van der Waals surface area (Å²) in [7, 11) is 0. The van der Waals surface area contributed by atoms with Crippen molar-refractivity contribution in [3.05, 3.63) is 10.1 Å². The highest BCUT2D eigenvalue weighted by atomic mass is 16.7. The second kappa shape index (κ2) is 5.58.